The third-order valence-corrected chi connectivity index (χ3v) is 5.03. The van der Waals surface area contributed by atoms with Crippen LogP contribution in [0.3, 0.4) is 0 Å². The third kappa shape index (κ3) is 3.64. The number of amides is 1. The number of H-pyrrole nitrogens is 1. The summed E-state index contributed by atoms with van der Waals surface area (Å²) in [6, 6.07) is 3.83. The molecule has 1 N–H and O–H groups in total. The summed E-state index contributed by atoms with van der Waals surface area (Å²) in [5.41, 5.74) is 4.37. The normalized spacial score (nSPS) is 18.7. The smallest absolute Gasteiger partial charge is 0.274 e. The Hall–Kier alpha value is -2.54. The highest BCUT2D eigenvalue weighted by Gasteiger charge is 2.30. The molecule has 1 amide bonds. The van der Waals surface area contributed by atoms with E-state index in [4.69, 9.17) is 14.2 Å². The number of aromatic nitrogens is 2. The van der Waals surface area contributed by atoms with Crippen LogP contribution in [0.1, 0.15) is 52.8 Å². The lowest BCUT2D eigenvalue weighted by atomic mass is 9.99. The summed E-state index contributed by atoms with van der Waals surface area (Å²) in [5.74, 6) is 1.22. The first-order chi connectivity index (χ1) is 12.8. The molecule has 0 unspecified atom stereocenters. The highest BCUT2D eigenvalue weighted by molar-refractivity contribution is 5.94. The SMILES string of the molecule is COc1cc(C)c(CN(C)C(=O)c2n[nH]c3c2C[C@H](C)O[C@@H]3C)cc1OC. The number of nitrogens with zero attached hydrogens (tertiary/aromatic N) is 2. The number of hydrogen-bond donors (Lipinski definition) is 1. The van der Waals surface area contributed by atoms with Gasteiger partial charge in [-0.15, -0.1) is 0 Å². The number of nitrogens with one attached hydrogen (secondary N) is 1. The molecule has 1 aliphatic heterocycles. The van der Waals surface area contributed by atoms with Crippen molar-refractivity contribution in [3.8, 4) is 11.5 Å². The Balaban J connectivity index is 1.84. The van der Waals surface area contributed by atoms with Gasteiger partial charge in [-0.2, -0.15) is 5.10 Å². The summed E-state index contributed by atoms with van der Waals surface area (Å²) < 4.78 is 16.5. The van der Waals surface area contributed by atoms with Crippen LogP contribution in [-0.2, 0) is 17.7 Å². The van der Waals surface area contributed by atoms with Crippen molar-refractivity contribution in [3.63, 3.8) is 0 Å². The fourth-order valence-electron chi connectivity index (χ4n) is 3.55. The zero-order valence-corrected chi connectivity index (χ0v) is 16.8. The lowest BCUT2D eigenvalue weighted by Gasteiger charge is -2.26. The van der Waals surface area contributed by atoms with Crippen molar-refractivity contribution in [2.24, 2.45) is 0 Å². The molecule has 1 aromatic carbocycles. The van der Waals surface area contributed by atoms with Crippen molar-refractivity contribution < 1.29 is 19.0 Å². The van der Waals surface area contributed by atoms with E-state index in [0.29, 0.717) is 30.2 Å². The van der Waals surface area contributed by atoms with Gasteiger partial charge < -0.3 is 19.1 Å². The van der Waals surface area contributed by atoms with Crippen molar-refractivity contribution in [1.29, 1.82) is 0 Å². The van der Waals surface area contributed by atoms with Crippen molar-refractivity contribution in [1.82, 2.24) is 15.1 Å². The van der Waals surface area contributed by atoms with Crippen molar-refractivity contribution in [3.05, 3.63) is 40.2 Å². The summed E-state index contributed by atoms with van der Waals surface area (Å²) in [5, 5.41) is 7.27. The second kappa shape index (κ2) is 7.60. The summed E-state index contributed by atoms with van der Waals surface area (Å²) in [6.45, 7) is 6.43. The molecule has 0 spiro atoms. The summed E-state index contributed by atoms with van der Waals surface area (Å²) in [7, 11) is 5.00. The Labute approximate surface area is 159 Å². The first kappa shape index (κ1) is 19.2. The highest BCUT2D eigenvalue weighted by Crippen LogP contribution is 2.32. The van der Waals surface area contributed by atoms with Crippen LogP contribution in [0.5, 0.6) is 11.5 Å². The Kier molecular flexibility index (Phi) is 5.41. The molecule has 1 aromatic heterocycles. The molecule has 3 rings (SSSR count). The van der Waals surface area contributed by atoms with Gasteiger partial charge in [0.15, 0.2) is 17.2 Å². The number of aryl methyl sites for hydroxylation is 1. The van der Waals surface area contributed by atoms with Gasteiger partial charge in [0.05, 0.1) is 32.1 Å². The molecule has 1 aliphatic rings. The van der Waals surface area contributed by atoms with Gasteiger partial charge in [0.25, 0.3) is 5.91 Å². The van der Waals surface area contributed by atoms with Crippen LogP contribution in [0.2, 0.25) is 0 Å². The zero-order chi connectivity index (χ0) is 19.7. The van der Waals surface area contributed by atoms with E-state index in [2.05, 4.69) is 10.2 Å². The monoisotopic (exact) mass is 373 g/mol. The maximum absolute atomic E-state index is 13.0. The van der Waals surface area contributed by atoms with Crippen LogP contribution >= 0.6 is 0 Å². The van der Waals surface area contributed by atoms with Gasteiger partial charge >= 0.3 is 0 Å². The van der Waals surface area contributed by atoms with E-state index in [9.17, 15) is 4.79 Å². The van der Waals surface area contributed by atoms with Crippen molar-refractivity contribution in [2.75, 3.05) is 21.3 Å². The average Bonchev–Trinajstić information content (AvgIpc) is 3.06. The van der Waals surface area contributed by atoms with Gasteiger partial charge in [0.1, 0.15) is 0 Å². The van der Waals surface area contributed by atoms with Gasteiger partial charge in [-0.25, -0.2) is 0 Å². The number of benzene rings is 1. The molecule has 0 radical (unpaired) electrons. The van der Waals surface area contributed by atoms with Crippen LogP contribution in [0.25, 0.3) is 0 Å². The quantitative estimate of drug-likeness (QED) is 0.872. The Bertz CT molecular complexity index is 846. The van der Waals surface area contributed by atoms with Crippen molar-refractivity contribution >= 4 is 5.91 Å². The first-order valence-electron chi connectivity index (χ1n) is 9.05. The summed E-state index contributed by atoms with van der Waals surface area (Å²) in [6.07, 6.45) is 0.659. The number of methoxy groups -OCH3 is 2. The van der Waals surface area contributed by atoms with E-state index in [1.807, 2.05) is 32.9 Å². The number of aromatic amines is 1. The number of carbonyl (C=O) groups excluding carboxylic acids is 1. The summed E-state index contributed by atoms with van der Waals surface area (Å²) in [4.78, 5) is 14.7. The lowest BCUT2D eigenvalue weighted by molar-refractivity contribution is -0.00701. The number of hydrogen-bond acceptors (Lipinski definition) is 5. The first-order valence-corrected chi connectivity index (χ1v) is 9.05. The molecular formula is C20H27N3O4. The van der Waals surface area contributed by atoms with Gasteiger partial charge in [-0.1, -0.05) is 0 Å². The third-order valence-electron chi connectivity index (χ3n) is 5.03. The van der Waals surface area contributed by atoms with E-state index in [1.165, 1.54) is 0 Å². The molecule has 0 fully saturated rings. The molecule has 2 aromatic rings. The molecule has 0 saturated carbocycles. The van der Waals surface area contributed by atoms with E-state index < -0.39 is 0 Å². The van der Waals surface area contributed by atoms with Gasteiger partial charge in [0, 0.05) is 25.6 Å². The van der Waals surface area contributed by atoms with Crippen LogP contribution in [0.4, 0.5) is 0 Å². The molecule has 2 heterocycles. The van der Waals surface area contributed by atoms with Gasteiger partial charge in [-0.3, -0.25) is 9.89 Å². The fourth-order valence-corrected chi connectivity index (χ4v) is 3.55. The maximum Gasteiger partial charge on any atom is 0.274 e. The zero-order valence-electron chi connectivity index (χ0n) is 16.8. The minimum absolute atomic E-state index is 0.0649. The molecule has 2 atom stereocenters. The molecule has 146 valence electrons. The van der Waals surface area contributed by atoms with Crippen LogP contribution < -0.4 is 9.47 Å². The Morgan fingerprint density at radius 1 is 1.30 bits per heavy atom. The highest BCUT2D eigenvalue weighted by atomic mass is 16.5. The van der Waals surface area contributed by atoms with Crippen LogP contribution in [-0.4, -0.2) is 48.4 Å². The minimum atomic E-state index is -0.108. The van der Waals surface area contributed by atoms with E-state index in [-0.39, 0.29) is 18.1 Å². The minimum Gasteiger partial charge on any atom is -0.493 e. The molecule has 7 nitrogen and oxygen atoms in total. The second-order valence-electron chi connectivity index (χ2n) is 7.05. The number of fused-ring (bicyclic) bond motifs is 1. The van der Waals surface area contributed by atoms with E-state index in [0.717, 1.165) is 22.4 Å². The molecule has 0 aliphatic carbocycles. The molecule has 0 saturated heterocycles. The molecule has 27 heavy (non-hydrogen) atoms. The number of carbonyl (C=O) groups is 1. The Morgan fingerprint density at radius 3 is 2.63 bits per heavy atom. The standard InChI is InChI=1S/C20H27N3O4/c1-11-7-16(25-5)17(26-6)9-14(11)10-23(4)20(24)19-15-8-12(2)27-13(3)18(15)21-22-19/h7,9,12-13H,8,10H2,1-6H3,(H,21,22)/t12-,13+/m0/s1. The van der Waals surface area contributed by atoms with Gasteiger partial charge in [-0.05, 0) is 44.0 Å². The topological polar surface area (TPSA) is 76.7 Å². The fraction of sp³-hybridized carbons (Fsp3) is 0.500. The van der Waals surface area contributed by atoms with E-state index >= 15 is 0 Å². The summed E-state index contributed by atoms with van der Waals surface area (Å²) >= 11 is 0. The molecule has 7 heteroatoms. The second-order valence-corrected chi connectivity index (χ2v) is 7.05. The van der Waals surface area contributed by atoms with Crippen LogP contribution in [0, 0.1) is 6.92 Å². The molecule has 0 bridgehead atoms. The molecular weight excluding hydrogens is 346 g/mol. The Morgan fingerprint density at radius 2 is 1.96 bits per heavy atom. The predicted octanol–water partition coefficient (Wildman–Crippen LogP) is 3.03. The number of rotatable bonds is 5. The number of ether oxygens (including phenoxy) is 3. The lowest BCUT2D eigenvalue weighted by Crippen LogP contribution is -2.29. The predicted molar refractivity (Wildman–Crippen MR) is 101 cm³/mol. The largest absolute Gasteiger partial charge is 0.493 e. The van der Waals surface area contributed by atoms with E-state index in [1.54, 1.807) is 26.2 Å². The van der Waals surface area contributed by atoms with Crippen molar-refractivity contribution in [2.45, 2.75) is 45.9 Å². The average molecular weight is 373 g/mol. The van der Waals surface area contributed by atoms with Crippen LogP contribution in [0.15, 0.2) is 12.1 Å². The maximum atomic E-state index is 13.0. The van der Waals surface area contributed by atoms with Gasteiger partial charge in [0.2, 0.25) is 0 Å².